The Morgan fingerprint density at radius 1 is 1.12 bits per heavy atom. The highest BCUT2D eigenvalue weighted by atomic mass is 35.5. The third kappa shape index (κ3) is 4.24. The number of hydrogen-bond acceptors (Lipinski definition) is 8. The Balaban J connectivity index is 1.57. The van der Waals surface area contributed by atoms with E-state index in [-0.39, 0.29) is 15.4 Å². The third-order valence-corrected chi connectivity index (χ3v) is 10.2. The van der Waals surface area contributed by atoms with E-state index in [1.165, 1.54) is 11.3 Å². The minimum atomic E-state index is -3.56. The van der Waals surface area contributed by atoms with Gasteiger partial charge in [-0.25, -0.2) is 13.4 Å². The molecule has 3 aromatic heterocycles. The van der Waals surface area contributed by atoms with Crippen molar-refractivity contribution in [3.63, 3.8) is 0 Å². The lowest BCUT2D eigenvalue weighted by Gasteiger charge is -2.29. The molecule has 0 atom stereocenters. The lowest BCUT2D eigenvalue weighted by molar-refractivity contribution is 0.0910. The quantitative estimate of drug-likeness (QED) is 0.269. The largest absolute Gasteiger partial charge is 0.354 e. The van der Waals surface area contributed by atoms with Crippen molar-refractivity contribution in [3.8, 4) is 32.6 Å². The zero-order valence-electron chi connectivity index (χ0n) is 18.3. The Bertz CT molecular complexity index is 1560. The van der Waals surface area contributed by atoms with Crippen molar-refractivity contribution < 1.29 is 17.7 Å². The van der Waals surface area contributed by atoms with Crippen molar-refractivity contribution in [2.45, 2.75) is 30.9 Å². The summed E-state index contributed by atoms with van der Waals surface area (Å²) in [6.07, 6.45) is 2.06. The number of rotatable bonds is 4. The smallest absolute Gasteiger partial charge is 0.186 e. The van der Waals surface area contributed by atoms with Crippen LogP contribution in [0.3, 0.4) is 0 Å². The molecule has 6 nitrogen and oxygen atoms in total. The normalized spacial score (nSPS) is 15.5. The average molecular weight is 554 g/mol. The predicted molar refractivity (Wildman–Crippen MR) is 136 cm³/mol. The fraction of sp³-hybridized carbons (Fsp3) is 0.261. The molecule has 0 N–H and O–H groups in total. The van der Waals surface area contributed by atoms with Gasteiger partial charge in [0.25, 0.3) is 0 Å². The minimum absolute atomic E-state index is 0.120. The fourth-order valence-corrected chi connectivity index (χ4v) is 8.07. The maximum absolute atomic E-state index is 12.9. The molecule has 1 aliphatic carbocycles. The molecule has 0 radical (unpaired) electrons. The Morgan fingerprint density at radius 2 is 1.88 bits per heavy atom. The Hall–Kier alpha value is -2.04. The van der Waals surface area contributed by atoms with Crippen LogP contribution in [0, 0.1) is 5.41 Å². The molecule has 0 fully saturated rings. The molecule has 4 aromatic rings. The standard InChI is InChI=1S/C23H18Cl2N2O4S3/c1-23(2)8-13-19(17(28)9-23)22(34(3,29)30)33-20(13)21-26-16(10-32-21)18-7-15(27-31-18)12-5-4-11(24)6-14(12)25/h4-7,10H,8-9H2,1-3H3. The average Bonchev–Trinajstić information content (AvgIpc) is 3.44. The van der Waals surface area contributed by atoms with Crippen LogP contribution in [-0.4, -0.2) is 30.6 Å². The molecule has 5 rings (SSSR count). The first-order valence-electron chi connectivity index (χ1n) is 10.2. The topological polar surface area (TPSA) is 90.1 Å². The summed E-state index contributed by atoms with van der Waals surface area (Å²) < 4.78 is 30.6. The van der Waals surface area contributed by atoms with Gasteiger partial charge in [0.1, 0.15) is 20.6 Å². The van der Waals surface area contributed by atoms with Gasteiger partial charge in [-0.1, -0.05) is 42.2 Å². The molecular formula is C23H18Cl2N2O4S3. The van der Waals surface area contributed by atoms with Crippen molar-refractivity contribution in [1.82, 2.24) is 10.1 Å². The van der Waals surface area contributed by atoms with E-state index >= 15 is 0 Å². The second-order valence-electron chi connectivity index (χ2n) is 9.02. The van der Waals surface area contributed by atoms with Crippen LogP contribution in [0.25, 0.3) is 32.6 Å². The van der Waals surface area contributed by atoms with Gasteiger partial charge in [0, 0.05) is 34.7 Å². The molecule has 0 amide bonds. The maximum atomic E-state index is 12.9. The van der Waals surface area contributed by atoms with Crippen LogP contribution in [0.2, 0.25) is 10.0 Å². The van der Waals surface area contributed by atoms with Gasteiger partial charge in [-0.2, -0.15) is 0 Å². The Labute approximate surface area is 214 Å². The van der Waals surface area contributed by atoms with Crippen LogP contribution >= 0.6 is 45.9 Å². The minimum Gasteiger partial charge on any atom is -0.354 e. The molecule has 34 heavy (non-hydrogen) atoms. The van der Waals surface area contributed by atoms with Crippen molar-refractivity contribution in [2.24, 2.45) is 5.41 Å². The lowest BCUT2D eigenvalue weighted by Crippen LogP contribution is -2.27. The van der Waals surface area contributed by atoms with Crippen LogP contribution in [0.15, 0.2) is 38.4 Å². The number of nitrogens with zero attached hydrogens (tertiary/aromatic N) is 2. The van der Waals surface area contributed by atoms with Gasteiger partial charge in [-0.3, -0.25) is 4.79 Å². The van der Waals surface area contributed by atoms with Crippen LogP contribution in [0.1, 0.15) is 36.2 Å². The highest BCUT2D eigenvalue weighted by molar-refractivity contribution is 7.93. The molecular weight excluding hydrogens is 535 g/mol. The lowest BCUT2D eigenvalue weighted by atomic mass is 9.74. The second kappa shape index (κ2) is 8.27. The van der Waals surface area contributed by atoms with E-state index in [9.17, 15) is 13.2 Å². The fourth-order valence-electron chi connectivity index (χ4n) is 4.10. The molecule has 0 saturated carbocycles. The van der Waals surface area contributed by atoms with E-state index in [1.54, 1.807) is 24.3 Å². The molecule has 0 spiro atoms. The van der Waals surface area contributed by atoms with Gasteiger partial charge < -0.3 is 4.52 Å². The molecule has 0 unspecified atom stereocenters. The summed E-state index contributed by atoms with van der Waals surface area (Å²) in [5.74, 6) is 0.319. The predicted octanol–water partition coefficient (Wildman–Crippen LogP) is 7.06. The first-order valence-corrected chi connectivity index (χ1v) is 14.5. The summed E-state index contributed by atoms with van der Waals surface area (Å²) in [5, 5.41) is 7.55. The Morgan fingerprint density at radius 3 is 2.59 bits per heavy atom. The third-order valence-electron chi connectivity index (χ3n) is 5.55. The van der Waals surface area contributed by atoms with Crippen LogP contribution in [-0.2, 0) is 16.3 Å². The summed E-state index contributed by atoms with van der Waals surface area (Å²) in [6, 6.07) is 6.87. The van der Waals surface area contributed by atoms with Crippen molar-refractivity contribution in [1.29, 1.82) is 0 Å². The number of ketones is 1. The number of sulfone groups is 1. The second-order valence-corrected chi connectivity index (χ2v) is 14.0. The number of carbonyl (C=O) groups excluding carboxylic acids is 1. The molecule has 11 heteroatoms. The highest BCUT2D eigenvalue weighted by Gasteiger charge is 2.39. The number of benzene rings is 1. The number of carbonyl (C=O) groups is 1. The highest BCUT2D eigenvalue weighted by Crippen LogP contribution is 2.48. The van der Waals surface area contributed by atoms with Gasteiger partial charge >= 0.3 is 0 Å². The van der Waals surface area contributed by atoms with Crippen molar-refractivity contribution in [3.05, 3.63) is 50.8 Å². The summed E-state index contributed by atoms with van der Waals surface area (Å²) in [6.45, 7) is 4.03. The maximum Gasteiger partial charge on any atom is 0.186 e. The summed E-state index contributed by atoms with van der Waals surface area (Å²) >= 11 is 14.8. The molecule has 176 valence electrons. The van der Waals surface area contributed by atoms with Crippen LogP contribution < -0.4 is 0 Å². The van der Waals surface area contributed by atoms with E-state index in [2.05, 4.69) is 5.16 Å². The van der Waals surface area contributed by atoms with Crippen LogP contribution in [0.4, 0.5) is 0 Å². The number of hydrogen-bond donors (Lipinski definition) is 0. The van der Waals surface area contributed by atoms with Crippen LogP contribution in [0.5, 0.6) is 0 Å². The van der Waals surface area contributed by atoms with Gasteiger partial charge in [0.05, 0.1) is 15.5 Å². The van der Waals surface area contributed by atoms with Crippen molar-refractivity contribution >= 4 is 61.5 Å². The molecule has 1 aromatic carbocycles. The SMILES string of the molecule is CC1(C)CC(=O)c2c(S(C)(=O)=O)sc(-c3nc(-c4cc(-c5ccc(Cl)cc5Cl)no4)cs3)c2C1. The van der Waals surface area contributed by atoms with Gasteiger partial charge in [0.2, 0.25) is 0 Å². The molecule has 1 aliphatic rings. The first kappa shape index (κ1) is 23.7. The number of fused-ring (bicyclic) bond motifs is 1. The van der Waals surface area contributed by atoms with E-state index in [0.29, 0.717) is 61.0 Å². The zero-order valence-corrected chi connectivity index (χ0v) is 22.3. The molecule has 3 heterocycles. The van der Waals surface area contributed by atoms with E-state index in [4.69, 9.17) is 32.7 Å². The number of thiophene rings is 1. The van der Waals surface area contributed by atoms with Gasteiger partial charge in [-0.05, 0) is 35.6 Å². The Kier molecular flexibility index (Phi) is 5.76. The van der Waals surface area contributed by atoms with Gasteiger partial charge in [-0.15, -0.1) is 22.7 Å². The molecule has 0 aliphatic heterocycles. The van der Waals surface area contributed by atoms with E-state index in [0.717, 1.165) is 23.2 Å². The summed E-state index contributed by atoms with van der Waals surface area (Å²) in [5.41, 5.74) is 2.63. The molecule has 0 saturated heterocycles. The number of Topliss-reactive ketones (excluding diaryl/α,β-unsaturated/α-hetero) is 1. The van der Waals surface area contributed by atoms with Crippen molar-refractivity contribution in [2.75, 3.05) is 6.26 Å². The number of thiazole rings is 1. The van der Waals surface area contributed by atoms with Gasteiger partial charge in [0.15, 0.2) is 21.4 Å². The monoisotopic (exact) mass is 552 g/mol. The summed E-state index contributed by atoms with van der Waals surface area (Å²) in [4.78, 5) is 18.3. The van der Waals surface area contributed by atoms with E-state index in [1.807, 2.05) is 19.2 Å². The molecule has 0 bridgehead atoms. The number of halogens is 2. The first-order chi connectivity index (χ1) is 15.9. The summed E-state index contributed by atoms with van der Waals surface area (Å²) in [7, 11) is -3.56. The zero-order chi connectivity index (χ0) is 24.4. The number of aromatic nitrogens is 2. The van der Waals surface area contributed by atoms with E-state index < -0.39 is 9.84 Å².